The van der Waals surface area contributed by atoms with Gasteiger partial charge in [-0.1, -0.05) is 13.3 Å². The molecule has 0 amide bonds. The summed E-state index contributed by atoms with van der Waals surface area (Å²) in [5.74, 6) is -0.670. The molecule has 0 spiro atoms. The lowest BCUT2D eigenvalue weighted by Crippen LogP contribution is -2.12. The summed E-state index contributed by atoms with van der Waals surface area (Å²) in [4.78, 5) is 12.3. The van der Waals surface area contributed by atoms with Crippen LogP contribution in [-0.2, 0) is 4.79 Å². The minimum atomic E-state index is -0.670. The van der Waals surface area contributed by atoms with Gasteiger partial charge in [0.15, 0.2) is 0 Å². The van der Waals surface area contributed by atoms with E-state index in [9.17, 15) is 4.79 Å². The van der Waals surface area contributed by atoms with Gasteiger partial charge in [0.2, 0.25) is 0 Å². The molecule has 1 aliphatic rings. The standard InChI is InChI=1S/C7H13NO2/c1-2-3-4-8-5-6(8)7(9)10/h6H,2-5H2,1H3,(H,9,10)/t6-,8?/m0/s1. The fourth-order valence-electron chi connectivity index (χ4n) is 1.02. The molecular formula is C7H13NO2. The van der Waals surface area contributed by atoms with Crippen molar-refractivity contribution in [3.05, 3.63) is 0 Å². The minimum Gasteiger partial charge on any atom is -0.480 e. The second kappa shape index (κ2) is 3.01. The minimum absolute atomic E-state index is 0.161. The van der Waals surface area contributed by atoms with E-state index in [4.69, 9.17) is 5.11 Å². The van der Waals surface area contributed by atoms with Gasteiger partial charge in [0.25, 0.3) is 0 Å². The zero-order valence-corrected chi connectivity index (χ0v) is 6.21. The lowest BCUT2D eigenvalue weighted by Gasteiger charge is -1.97. The summed E-state index contributed by atoms with van der Waals surface area (Å²) in [5.41, 5.74) is 0. The van der Waals surface area contributed by atoms with E-state index in [1.54, 1.807) is 0 Å². The first kappa shape index (κ1) is 7.54. The van der Waals surface area contributed by atoms with E-state index in [0.717, 1.165) is 25.9 Å². The van der Waals surface area contributed by atoms with Gasteiger partial charge >= 0.3 is 5.97 Å². The number of aliphatic carboxylic acids is 1. The number of unbranched alkanes of at least 4 members (excludes halogenated alkanes) is 1. The Hall–Kier alpha value is -0.570. The molecule has 0 bridgehead atoms. The van der Waals surface area contributed by atoms with Gasteiger partial charge in [-0.05, 0) is 13.0 Å². The van der Waals surface area contributed by atoms with Gasteiger partial charge in [0, 0.05) is 6.54 Å². The van der Waals surface area contributed by atoms with Crippen LogP contribution >= 0.6 is 0 Å². The molecule has 0 saturated carbocycles. The Morgan fingerprint density at radius 1 is 1.80 bits per heavy atom. The lowest BCUT2D eigenvalue weighted by molar-refractivity contribution is -0.137. The maximum absolute atomic E-state index is 10.3. The average molecular weight is 143 g/mol. The molecule has 1 fully saturated rings. The molecule has 10 heavy (non-hydrogen) atoms. The van der Waals surface area contributed by atoms with E-state index < -0.39 is 5.97 Å². The van der Waals surface area contributed by atoms with Gasteiger partial charge in [-0.25, -0.2) is 0 Å². The topological polar surface area (TPSA) is 40.3 Å². The number of hydrogen-bond donors (Lipinski definition) is 1. The molecule has 0 aromatic rings. The van der Waals surface area contributed by atoms with Crippen LogP contribution < -0.4 is 0 Å². The molecule has 1 N–H and O–H groups in total. The van der Waals surface area contributed by atoms with Crippen LogP contribution in [0.25, 0.3) is 0 Å². The maximum atomic E-state index is 10.3. The predicted octanol–water partition coefficient (Wildman–Crippen LogP) is 0.555. The van der Waals surface area contributed by atoms with Crippen LogP contribution in [0.4, 0.5) is 0 Å². The highest BCUT2D eigenvalue weighted by Gasteiger charge is 2.39. The lowest BCUT2D eigenvalue weighted by atomic mass is 10.3. The van der Waals surface area contributed by atoms with Gasteiger partial charge in [0.05, 0.1) is 0 Å². The van der Waals surface area contributed by atoms with Crippen molar-refractivity contribution < 1.29 is 9.90 Å². The Labute approximate surface area is 60.6 Å². The van der Waals surface area contributed by atoms with Crippen molar-refractivity contribution in [1.82, 2.24) is 4.90 Å². The number of rotatable bonds is 4. The normalized spacial score (nSPS) is 30.1. The molecule has 0 aromatic carbocycles. The smallest absolute Gasteiger partial charge is 0.322 e. The highest BCUT2D eigenvalue weighted by molar-refractivity contribution is 5.76. The van der Waals surface area contributed by atoms with E-state index in [2.05, 4.69) is 6.92 Å². The fraction of sp³-hybridized carbons (Fsp3) is 0.857. The zero-order valence-electron chi connectivity index (χ0n) is 6.21. The SMILES string of the molecule is CCCCN1C[C@H]1C(=O)O. The van der Waals surface area contributed by atoms with Crippen molar-refractivity contribution >= 4 is 5.97 Å². The van der Waals surface area contributed by atoms with Gasteiger partial charge < -0.3 is 5.11 Å². The Balaban J connectivity index is 2.08. The molecule has 1 heterocycles. The summed E-state index contributed by atoms with van der Waals surface area (Å²) < 4.78 is 0. The molecule has 1 saturated heterocycles. The van der Waals surface area contributed by atoms with E-state index in [-0.39, 0.29) is 6.04 Å². The summed E-state index contributed by atoms with van der Waals surface area (Å²) >= 11 is 0. The van der Waals surface area contributed by atoms with Gasteiger partial charge in [-0.15, -0.1) is 0 Å². The number of hydrogen-bond acceptors (Lipinski definition) is 2. The van der Waals surface area contributed by atoms with E-state index in [1.807, 2.05) is 4.90 Å². The molecule has 1 unspecified atom stereocenters. The van der Waals surface area contributed by atoms with Crippen LogP contribution in [0.3, 0.4) is 0 Å². The molecule has 0 aromatic heterocycles. The van der Waals surface area contributed by atoms with Crippen LogP contribution in [0.2, 0.25) is 0 Å². The third-order valence-electron chi connectivity index (χ3n) is 1.80. The van der Waals surface area contributed by atoms with Crippen LogP contribution in [0, 0.1) is 0 Å². The van der Waals surface area contributed by atoms with Crippen LogP contribution in [-0.4, -0.2) is 35.1 Å². The fourth-order valence-corrected chi connectivity index (χ4v) is 1.02. The Bertz CT molecular complexity index is 136. The molecule has 1 rings (SSSR count). The predicted molar refractivity (Wildman–Crippen MR) is 37.9 cm³/mol. The molecule has 1 aliphatic heterocycles. The van der Waals surface area contributed by atoms with Crippen molar-refractivity contribution in [3.8, 4) is 0 Å². The maximum Gasteiger partial charge on any atom is 0.322 e. The summed E-state index contributed by atoms with van der Waals surface area (Å²) in [6, 6.07) is -0.161. The van der Waals surface area contributed by atoms with Crippen molar-refractivity contribution in [2.24, 2.45) is 0 Å². The number of carbonyl (C=O) groups is 1. The second-order valence-electron chi connectivity index (χ2n) is 2.70. The Kier molecular flexibility index (Phi) is 2.27. The summed E-state index contributed by atoms with van der Waals surface area (Å²) in [6.45, 7) is 3.82. The summed E-state index contributed by atoms with van der Waals surface area (Å²) in [5, 5.41) is 8.48. The summed E-state index contributed by atoms with van der Waals surface area (Å²) in [6.07, 6.45) is 2.26. The average Bonchev–Trinajstić information content (AvgIpc) is 2.62. The summed E-state index contributed by atoms with van der Waals surface area (Å²) in [7, 11) is 0. The highest BCUT2D eigenvalue weighted by atomic mass is 16.4. The highest BCUT2D eigenvalue weighted by Crippen LogP contribution is 2.17. The van der Waals surface area contributed by atoms with E-state index >= 15 is 0 Å². The molecule has 2 atom stereocenters. The molecule has 58 valence electrons. The monoisotopic (exact) mass is 143 g/mol. The molecule has 0 radical (unpaired) electrons. The quantitative estimate of drug-likeness (QED) is 0.584. The van der Waals surface area contributed by atoms with E-state index in [1.165, 1.54) is 0 Å². The number of nitrogens with zero attached hydrogens (tertiary/aromatic N) is 1. The first-order chi connectivity index (χ1) is 4.75. The van der Waals surface area contributed by atoms with Crippen LogP contribution in [0.5, 0.6) is 0 Å². The van der Waals surface area contributed by atoms with Crippen molar-refractivity contribution in [3.63, 3.8) is 0 Å². The van der Waals surface area contributed by atoms with Gasteiger partial charge in [0.1, 0.15) is 6.04 Å². The third kappa shape index (κ3) is 1.70. The Morgan fingerprint density at radius 3 is 2.90 bits per heavy atom. The number of carboxylic acid groups (broad SMARTS) is 1. The van der Waals surface area contributed by atoms with E-state index in [0.29, 0.717) is 0 Å². The van der Waals surface area contributed by atoms with Crippen LogP contribution in [0.15, 0.2) is 0 Å². The number of carboxylic acids is 1. The van der Waals surface area contributed by atoms with Crippen molar-refractivity contribution in [2.45, 2.75) is 25.8 Å². The molecule has 3 nitrogen and oxygen atoms in total. The first-order valence-electron chi connectivity index (χ1n) is 3.72. The van der Waals surface area contributed by atoms with Crippen molar-refractivity contribution in [2.75, 3.05) is 13.1 Å². The first-order valence-corrected chi connectivity index (χ1v) is 3.72. The Morgan fingerprint density at radius 2 is 2.50 bits per heavy atom. The largest absolute Gasteiger partial charge is 0.480 e. The van der Waals surface area contributed by atoms with Gasteiger partial charge in [-0.3, -0.25) is 9.69 Å². The third-order valence-corrected chi connectivity index (χ3v) is 1.80. The van der Waals surface area contributed by atoms with Crippen molar-refractivity contribution in [1.29, 1.82) is 0 Å². The van der Waals surface area contributed by atoms with Crippen LogP contribution in [0.1, 0.15) is 19.8 Å². The zero-order chi connectivity index (χ0) is 7.56. The molecular weight excluding hydrogens is 130 g/mol. The molecule has 3 heteroatoms. The second-order valence-corrected chi connectivity index (χ2v) is 2.70. The molecule has 0 aliphatic carbocycles. The van der Waals surface area contributed by atoms with Gasteiger partial charge in [-0.2, -0.15) is 0 Å².